The molecular weight excluding hydrogens is 108 g/mol. The summed E-state index contributed by atoms with van der Waals surface area (Å²) in [6.07, 6.45) is 0.631. The van der Waals surface area contributed by atoms with Crippen molar-refractivity contribution in [1.29, 1.82) is 0 Å². The van der Waals surface area contributed by atoms with Gasteiger partial charge in [0.05, 0.1) is 0 Å². The van der Waals surface area contributed by atoms with Gasteiger partial charge in [-0.05, 0) is 6.42 Å². The lowest BCUT2D eigenvalue weighted by molar-refractivity contribution is 0.223. The van der Waals surface area contributed by atoms with Gasteiger partial charge >= 0.3 is 0 Å². The minimum absolute atomic E-state index is 0.131. The van der Waals surface area contributed by atoms with Gasteiger partial charge < -0.3 is 15.9 Å². The van der Waals surface area contributed by atoms with Crippen LogP contribution < -0.4 is 5.59 Å². The van der Waals surface area contributed by atoms with Crippen molar-refractivity contribution in [1.82, 2.24) is 10.6 Å². The van der Waals surface area contributed by atoms with Gasteiger partial charge in [0.1, 0.15) is 0 Å². The Bertz CT molecular complexity index is 51.3. The third-order valence-electron chi connectivity index (χ3n) is 0.807. The minimum Gasteiger partial charge on any atom is -0.774 e. The molecular formula is C4H11N2O2-. The zero-order valence-corrected chi connectivity index (χ0v) is 4.92. The number of aliphatic hydroxyl groups excluding tert-OH is 1. The molecule has 0 rings (SSSR count). The number of nitrogens with one attached hydrogen (secondary N) is 1. The molecule has 4 heteroatoms. The highest BCUT2D eigenvalue weighted by Gasteiger charge is 1.86. The fourth-order valence-electron chi connectivity index (χ4n) is 0.354. The second-order valence-electron chi connectivity index (χ2n) is 1.59. The molecule has 0 aliphatic rings. The molecule has 0 heterocycles. The second-order valence-corrected chi connectivity index (χ2v) is 1.59. The van der Waals surface area contributed by atoms with Crippen LogP contribution in [0, 0.1) is 5.21 Å². The molecule has 0 aromatic heterocycles. The van der Waals surface area contributed by atoms with E-state index in [9.17, 15) is 5.21 Å². The van der Waals surface area contributed by atoms with Crippen molar-refractivity contribution in [2.75, 3.05) is 20.2 Å². The van der Waals surface area contributed by atoms with E-state index in [0.29, 0.717) is 13.0 Å². The summed E-state index contributed by atoms with van der Waals surface area (Å²) in [6, 6.07) is 0. The zero-order chi connectivity index (χ0) is 6.41. The average Bonchev–Trinajstić information content (AvgIpc) is 1.83. The van der Waals surface area contributed by atoms with E-state index in [4.69, 9.17) is 5.11 Å². The molecule has 0 aromatic rings. The minimum atomic E-state index is 0.131. The predicted molar refractivity (Wildman–Crippen MR) is 30.8 cm³/mol. The van der Waals surface area contributed by atoms with Crippen LogP contribution in [0.15, 0.2) is 0 Å². The summed E-state index contributed by atoms with van der Waals surface area (Å²) in [5, 5.41) is 19.4. The number of hydrazine groups is 1. The predicted octanol–water partition coefficient (Wildman–Crippen LogP) is -0.697. The Kier molecular flexibility index (Phi) is 4.89. The molecule has 0 saturated heterocycles. The van der Waals surface area contributed by atoms with Crippen molar-refractivity contribution in [3.05, 3.63) is 5.21 Å². The molecule has 0 radical (unpaired) electrons. The maximum Gasteiger partial charge on any atom is 0.0443 e. The van der Waals surface area contributed by atoms with E-state index in [1.165, 1.54) is 5.01 Å². The molecule has 0 aliphatic heterocycles. The highest BCUT2D eigenvalue weighted by Crippen LogP contribution is 1.78. The molecule has 0 bridgehead atoms. The Morgan fingerprint density at radius 2 is 2.38 bits per heavy atom. The molecule has 0 saturated carbocycles. The Hall–Kier alpha value is -0.160. The lowest BCUT2D eigenvalue weighted by Gasteiger charge is -2.20. The molecule has 4 nitrogen and oxygen atoms in total. The van der Waals surface area contributed by atoms with E-state index < -0.39 is 0 Å². The summed E-state index contributed by atoms with van der Waals surface area (Å²) in [7, 11) is 1.63. The Labute approximate surface area is 48.7 Å². The average molecular weight is 119 g/mol. The Balaban J connectivity index is 2.86. The standard InChI is InChI=1S/C4H11N2O2/c1-6(5-8)3-2-4-7/h5,7H,2-4H2,1H3/q-1. The van der Waals surface area contributed by atoms with Gasteiger partial charge in [-0.3, -0.25) is 5.01 Å². The maximum atomic E-state index is 9.73. The molecule has 50 valence electrons. The highest BCUT2D eigenvalue weighted by molar-refractivity contribution is 4.42. The topological polar surface area (TPSA) is 58.6 Å². The van der Waals surface area contributed by atoms with Crippen LogP contribution in [0.4, 0.5) is 0 Å². The quantitative estimate of drug-likeness (QED) is 0.480. The van der Waals surface area contributed by atoms with Gasteiger partial charge in [-0.2, -0.15) is 0 Å². The third-order valence-corrected chi connectivity index (χ3v) is 0.807. The summed E-state index contributed by atoms with van der Waals surface area (Å²) in [4.78, 5) is 0. The first kappa shape index (κ1) is 7.84. The molecule has 0 fully saturated rings. The first-order chi connectivity index (χ1) is 3.81. The SMILES string of the molecule is CN(CCCO)N[O-]. The smallest absolute Gasteiger partial charge is 0.0443 e. The largest absolute Gasteiger partial charge is 0.774 e. The highest BCUT2D eigenvalue weighted by atomic mass is 16.5. The fourth-order valence-corrected chi connectivity index (χ4v) is 0.354. The van der Waals surface area contributed by atoms with Crippen molar-refractivity contribution in [3.63, 3.8) is 0 Å². The molecule has 0 aromatic carbocycles. The van der Waals surface area contributed by atoms with E-state index in [1.54, 1.807) is 12.6 Å². The summed E-state index contributed by atoms with van der Waals surface area (Å²) in [5.74, 6) is 0. The normalized spacial score (nSPS) is 10.5. The Morgan fingerprint density at radius 3 is 2.75 bits per heavy atom. The van der Waals surface area contributed by atoms with E-state index in [0.717, 1.165) is 0 Å². The fraction of sp³-hybridized carbons (Fsp3) is 1.00. The van der Waals surface area contributed by atoms with Gasteiger partial charge in [-0.1, -0.05) is 0 Å². The van der Waals surface area contributed by atoms with Crippen LogP contribution in [0.5, 0.6) is 0 Å². The van der Waals surface area contributed by atoms with E-state index >= 15 is 0 Å². The summed E-state index contributed by atoms with van der Waals surface area (Å²) in [6.45, 7) is 0.714. The van der Waals surface area contributed by atoms with Gasteiger partial charge in [-0.15, -0.1) is 0 Å². The molecule has 0 spiro atoms. The third kappa shape index (κ3) is 4.01. The van der Waals surface area contributed by atoms with Gasteiger partial charge in [0.2, 0.25) is 0 Å². The van der Waals surface area contributed by atoms with Gasteiger partial charge in [0, 0.05) is 20.2 Å². The van der Waals surface area contributed by atoms with Crippen LogP contribution in [0.3, 0.4) is 0 Å². The lowest BCUT2D eigenvalue weighted by atomic mass is 10.4. The number of hydrogen-bond acceptors (Lipinski definition) is 4. The number of hydrogen-bond donors (Lipinski definition) is 2. The Morgan fingerprint density at radius 1 is 1.75 bits per heavy atom. The number of rotatable bonds is 4. The summed E-state index contributed by atoms with van der Waals surface area (Å²) < 4.78 is 0. The van der Waals surface area contributed by atoms with Gasteiger partial charge in [-0.25, -0.2) is 0 Å². The monoisotopic (exact) mass is 119 g/mol. The van der Waals surface area contributed by atoms with E-state index in [-0.39, 0.29) is 6.61 Å². The lowest BCUT2D eigenvalue weighted by Crippen LogP contribution is -2.30. The molecule has 0 amide bonds. The first-order valence-corrected chi connectivity index (χ1v) is 2.51. The summed E-state index contributed by atoms with van der Waals surface area (Å²) >= 11 is 0. The van der Waals surface area contributed by atoms with Gasteiger partial charge in [0.15, 0.2) is 0 Å². The molecule has 0 aliphatic carbocycles. The second kappa shape index (κ2) is 4.99. The van der Waals surface area contributed by atoms with Crippen LogP contribution in [-0.2, 0) is 0 Å². The molecule has 2 N–H and O–H groups in total. The van der Waals surface area contributed by atoms with Crippen LogP contribution in [0.25, 0.3) is 0 Å². The maximum absolute atomic E-state index is 9.73. The van der Waals surface area contributed by atoms with Gasteiger partial charge in [0.25, 0.3) is 0 Å². The van der Waals surface area contributed by atoms with Crippen LogP contribution in [0.1, 0.15) is 6.42 Å². The summed E-state index contributed by atoms with van der Waals surface area (Å²) in [5.41, 5.74) is 1.67. The van der Waals surface area contributed by atoms with E-state index in [2.05, 4.69) is 0 Å². The zero-order valence-electron chi connectivity index (χ0n) is 4.92. The number of aliphatic hydroxyl groups is 1. The van der Waals surface area contributed by atoms with Crippen molar-refractivity contribution in [3.8, 4) is 0 Å². The van der Waals surface area contributed by atoms with Crippen LogP contribution >= 0.6 is 0 Å². The van der Waals surface area contributed by atoms with Crippen molar-refractivity contribution >= 4 is 0 Å². The number of nitrogens with zero attached hydrogens (tertiary/aromatic N) is 1. The van der Waals surface area contributed by atoms with Crippen molar-refractivity contribution in [2.24, 2.45) is 0 Å². The van der Waals surface area contributed by atoms with Crippen molar-refractivity contribution in [2.45, 2.75) is 6.42 Å². The van der Waals surface area contributed by atoms with E-state index in [1.807, 2.05) is 0 Å². The van der Waals surface area contributed by atoms with Crippen molar-refractivity contribution < 1.29 is 5.11 Å². The molecule has 0 unspecified atom stereocenters. The first-order valence-electron chi connectivity index (χ1n) is 2.51. The molecule has 8 heavy (non-hydrogen) atoms. The molecule has 0 atom stereocenters. The van der Waals surface area contributed by atoms with Crippen LogP contribution in [0.2, 0.25) is 0 Å². The van der Waals surface area contributed by atoms with Crippen LogP contribution in [-0.4, -0.2) is 30.3 Å².